The number of halogens is 2. The number of hydrogen-bond acceptors (Lipinski definition) is 2. The molecule has 1 atom stereocenters. The molecule has 10 aromatic carbocycles. The summed E-state index contributed by atoms with van der Waals surface area (Å²) in [4.78, 5) is 0. The standard InChI is InChI=1S/C59H40Cl2N2Si/c1-64(55-25-11-15-38-13-9-18-44(58(38)55)43-29-27-40(34-56(43)64)63-53-24-7-6-23-51(53)60)35-36-26-31-54(52(61)32-36)62-39-28-30-49-46(33-39)45-19-8-12-37-14-10-22-50(57(37)45)59(49)47-20-4-2-16-41(47)42-17-3-5-21-48(42)59/h2-34,62-63H,35H2,1H3. The molecule has 1 heterocycles. The first-order valence-corrected chi connectivity index (χ1v) is 25.5. The van der Waals surface area contributed by atoms with E-state index in [9.17, 15) is 0 Å². The van der Waals surface area contributed by atoms with Gasteiger partial charge in [0.1, 0.15) is 8.07 Å². The molecule has 0 saturated heterocycles. The number of rotatable bonds is 6. The van der Waals surface area contributed by atoms with Gasteiger partial charge in [-0.05, 0) is 148 Å². The van der Waals surface area contributed by atoms with E-state index >= 15 is 0 Å². The molecule has 5 heteroatoms. The lowest BCUT2D eigenvalue weighted by Gasteiger charge is -2.40. The maximum atomic E-state index is 7.35. The molecule has 2 N–H and O–H groups in total. The third kappa shape index (κ3) is 5.32. The first-order chi connectivity index (χ1) is 31.4. The van der Waals surface area contributed by atoms with E-state index in [1.165, 1.54) is 93.1 Å². The molecule has 0 radical (unpaired) electrons. The quantitative estimate of drug-likeness (QED) is 0.163. The predicted octanol–water partition coefficient (Wildman–Crippen LogP) is 15.1. The van der Waals surface area contributed by atoms with Crippen LogP contribution in [0.5, 0.6) is 0 Å². The van der Waals surface area contributed by atoms with E-state index in [2.05, 4.69) is 193 Å². The van der Waals surface area contributed by atoms with Crippen molar-refractivity contribution in [3.8, 4) is 33.4 Å². The van der Waals surface area contributed by atoms with Crippen LogP contribution in [0.4, 0.5) is 22.7 Å². The second-order valence-electron chi connectivity index (χ2n) is 17.8. The minimum atomic E-state index is -2.41. The van der Waals surface area contributed by atoms with Gasteiger partial charge in [-0.15, -0.1) is 0 Å². The van der Waals surface area contributed by atoms with Gasteiger partial charge < -0.3 is 10.6 Å². The molecule has 2 nitrogen and oxygen atoms in total. The Morgan fingerprint density at radius 1 is 0.406 bits per heavy atom. The molecular formula is C59H40Cl2N2Si. The molecule has 304 valence electrons. The second-order valence-corrected chi connectivity index (χ2v) is 22.7. The molecule has 13 rings (SSSR count). The van der Waals surface area contributed by atoms with E-state index in [4.69, 9.17) is 23.2 Å². The van der Waals surface area contributed by atoms with Crippen molar-refractivity contribution in [2.75, 3.05) is 10.6 Å². The lowest BCUT2D eigenvalue weighted by molar-refractivity contribution is 0.773. The highest BCUT2D eigenvalue weighted by Gasteiger charge is 2.50. The molecule has 0 bridgehead atoms. The van der Waals surface area contributed by atoms with Crippen LogP contribution in [0.15, 0.2) is 200 Å². The molecule has 1 aliphatic heterocycles. The Labute approximate surface area is 383 Å². The molecule has 1 unspecified atom stereocenters. The maximum absolute atomic E-state index is 7.35. The second kappa shape index (κ2) is 14.1. The van der Waals surface area contributed by atoms with Crippen molar-refractivity contribution in [3.63, 3.8) is 0 Å². The Hall–Kier alpha value is -6.88. The van der Waals surface area contributed by atoms with Crippen molar-refractivity contribution >= 4 is 85.9 Å². The largest absolute Gasteiger partial charge is 0.354 e. The van der Waals surface area contributed by atoms with Crippen molar-refractivity contribution in [3.05, 3.63) is 238 Å². The number of hydrogen-bond donors (Lipinski definition) is 2. The van der Waals surface area contributed by atoms with E-state index in [0.717, 1.165) is 28.8 Å². The Morgan fingerprint density at radius 3 is 1.70 bits per heavy atom. The molecule has 0 amide bonds. The van der Waals surface area contributed by atoms with Crippen LogP contribution in [0, 0.1) is 0 Å². The SMILES string of the molecule is C[Si]1(Cc2ccc(Nc3ccc4c(c3)-c3cccc5cccc(c35)C43c4ccccc4-c4ccccc43)c(Cl)c2)c2cc(Nc3ccccc3Cl)ccc2-c2cccc3cccc1c23. The van der Waals surface area contributed by atoms with Gasteiger partial charge >= 0.3 is 0 Å². The zero-order chi connectivity index (χ0) is 42.7. The van der Waals surface area contributed by atoms with Gasteiger partial charge in [-0.1, -0.05) is 181 Å². The third-order valence-electron chi connectivity index (χ3n) is 14.4. The van der Waals surface area contributed by atoms with Gasteiger partial charge in [0.25, 0.3) is 0 Å². The average molecular weight is 876 g/mol. The van der Waals surface area contributed by atoms with Crippen molar-refractivity contribution in [1.29, 1.82) is 0 Å². The number of anilines is 4. The van der Waals surface area contributed by atoms with Crippen LogP contribution in [0.25, 0.3) is 54.9 Å². The van der Waals surface area contributed by atoms with Gasteiger partial charge in [-0.25, -0.2) is 0 Å². The Morgan fingerprint density at radius 2 is 0.969 bits per heavy atom. The van der Waals surface area contributed by atoms with E-state index < -0.39 is 13.5 Å². The third-order valence-corrected chi connectivity index (χ3v) is 19.4. The summed E-state index contributed by atoms with van der Waals surface area (Å²) in [6, 6.07) is 74.4. The smallest absolute Gasteiger partial charge is 0.121 e. The summed E-state index contributed by atoms with van der Waals surface area (Å²) < 4.78 is 0. The topological polar surface area (TPSA) is 24.1 Å². The van der Waals surface area contributed by atoms with E-state index in [0.29, 0.717) is 10.0 Å². The zero-order valence-corrected chi connectivity index (χ0v) is 37.5. The van der Waals surface area contributed by atoms with Crippen molar-refractivity contribution in [2.45, 2.75) is 18.0 Å². The zero-order valence-electron chi connectivity index (χ0n) is 35.0. The van der Waals surface area contributed by atoms with Gasteiger partial charge in [0, 0.05) is 11.4 Å². The van der Waals surface area contributed by atoms with Crippen LogP contribution in [0.3, 0.4) is 0 Å². The van der Waals surface area contributed by atoms with Gasteiger partial charge in [0.05, 0.1) is 26.8 Å². The lowest BCUT2D eigenvalue weighted by Crippen LogP contribution is -2.60. The first-order valence-electron chi connectivity index (χ1n) is 22.0. The molecular weight excluding hydrogens is 836 g/mol. The highest BCUT2D eigenvalue weighted by molar-refractivity contribution is 7.03. The van der Waals surface area contributed by atoms with E-state index in [1.54, 1.807) is 0 Å². The van der Waals surface area contributed by atoms with Crippen molar-refractivity contribution < 1.29 is 0 Å². The minimum Gasteiger partial charge on any atom is -0.354 e. The Bertz CT molecular complexity index is 3560. The summed E-state index contributed by atoms with van der Waals surface area (Å²) in [5.41, 5.74) is 17.6. The number of nitrogens with one attached hydrogen (secondary N) is 2. The van der Waals surface area contributed by atoms with Crippen LogP contribution < -0.4 is 21.0 Å². The first kappa shape index (κ1) is 37.7. The minimum absolute atomic E-state index is 0.442. The predicted molar refractivity (Wildman–Crippen MR) is 274 cm³/mol. The summed E-state index contributed by atoms with van der Waals surface area (Å²) in [6.45, 7) is 2.52. The monoisotopic (exact) mass is 874 g/mol. The number of para-hydroxylation sites is 1. The Balaban J connectivity index is 0.895. The van der Waals surface area contributed by atoms with Crippen molar-refractivity contribution in [2.24, 2.45) is 0 Å². The molecule has 1 spiro atoms. The summed E-state index contributed by atoms with van der Waals surface area (Å²) >= 11 is 14.0. The van der Waals surface area contributed by atoms with Crippen LogP contribution >= 0.6 is 23.2 Å². The molecule has 2 aliphatic carbocycles. The highest BCUT2D eigenvalue weighted by Crippen LogP contribution is 2.62. The summed E-state index contributed by atoms with van der Waals surface area (Å²) in [5.74, 6) is 0. The van der Waals surface area contributed by atoms with E-state index in [-0.39, 0.29) is 0 Å². The van der Waals surface area contributed by atoms with Gasteiger partial charge in [-0.3, -0.25) is 0 Å². The van der Waals surface area contributed by atoms with Gasteiger partial charge in [0.2, 0.25) is 0 Å². The lowest BCUT2D eigenvalue weighted by atomic mass is 9.61. The fourth-order valence-corrected chi connectivity index (χ4v) is 16.5. The van der Waals surface area contributed by atoms with Gasteiger partial charge in [-0.2, -0.15) is 0 Å². The highest BCUT2D eigenvalue weighted by atomic mass is 35.5. The molecule has 0 aromatic heterocycles. The fourth-order valence-electron chi connectivity index (χ4n) is 11.7. The van der Waals surface area contributed by atoms with E-state index in [1.807, 2.05) is 24.3 Å². The molecule has 64 heavy (non-hydrogen) atoms. The Kier molecular flexibility index (Phi) is 8.27. The normalized spacial score (nSPS) is 15.7. The van der Waals surface area contributed by atoms with Crippen LogP contribution in [-0.2, 0) is 11.5 Å². The van der Waals surface area contributed by atoms with Crippen LogP contribution in [0.1, 0.15) is 27.8 Å². The van der Waals surface area contributed by atoms with Crippen LogP contribution in [0.2, 0.25) is 16.6 Å². The summed E-state index contributed by atoms with van der Waals surface area (Å²) in [5, 5.41) is 16.9. The number of fused-ring (bicyclic) bond motifs is 11. The molecule has 3 aliphatic rings. The summed E-state index contributed by atoms with van der Waals surface area (Å²) in [7, 11) is -2.41. The van der Waals surface area contributed by atoms with Crippen LogP contribution in [-0.4, -0.2) is 8.07 Å². The fraction of sp³-hybridized carbons (Fsp3) is 0.0508. The van der Waals surface area contributed by atoms with Crippen molar-refractivity contribution in [1.82, 2.24) is 0 Å². The summed E-state index contributed by atoms with van der Waals surface area (Å²) in [6.07, 6.45) is 0. The average Bonchev–Trinajstić information content (AvgIpc) is 3.62. The van der Waals surface area contributed by atoms with Gasteiger partial charge in [0.15, 0.2) is 0 Å². The molecule has 0 saturated carbocycles. The maximum Gasteiger partial charge on any atom is 0.121 e. The molecule has 0 fully saturated rings. The molecule has 10 aromatic rings. The number of benzene rings is 10.